The lowest BCUT2D eigenvalue weighted by Crippen LogP contribution is -2.39. The molecule has 1 N–H and O–H groups in total. The van der Waals surface area contributed by atoms with Crippen LogP contribution in [-0.4, -0.2) is 45.1 Å². The number of thioether (sulfide) groups is 1. The Bertz CT molecular complexity index is 1200. The van der Waals surface area contributed by atoms with Crippen molar-refractivity contribution in [2.24, 2.45) is 0 Å². The zero-order chi connectivity index (χ0) is 23.8. The summed E-state index contributed by atoms with van der Waals surface area (Å²) in [5, 5.41) is 2.97. The van der Waals surface area contributed by atoms with Gasteiger partial charge in [-0.25, -0.2) is 8.42 Å². The molecule has 174 valence electrons. The Kier molecular flexibility index (Phi) is 8.80. The number of anilines is 1. The van der Waals surface area contributed by atoms with Crippen molar-refractivity contribution in [1.29, 1.82) is 0 Å². The van der Waals surface area contributed by atoms with E-state index < -0.39 is 15.9 Å². The fraction of sp³-hybridized carbons (Fsp3) is 0.208. The molecule has 0 aliphatic carbocycles. The monoisotopic (exact) mass is 504 g/mol. The molecule has 0 unspecified atom stereocenters. The van der Waals surface area contributed by atoms with Gasteiger partial charge in [0.15, 0.2) is 0 Å². The summed E-state index contributed by atoms with van der Waals surface area (Å²) in [7, 11) is -2.53. The van der Waals surface area contributed by atoms with E-state index in [0.29, 0.717) is 17.9 Å². The molecule has 3 rings (SSSR count). The lowest BCUT2D eigenvalue weighted by molar-refractivity contribution is -0.116. The van der Waals surface area contributed by atoms with Crippen LogP contribution >= 0.6 is 23.4 Å². The van der Waals surface area contributed by atoms with Crippen LogP contribution in [0.4, 0.5) is 5.69 Å². The van der Waals surface area contributed by atoms with Gasteiger partial charge < -0.3 is 10.1 Å². The van der Waals surface area contributed by atoms with Gasteiger partial charge in [-0.15, -0.1) is 11.8 Å². The van der Waals surface area contributed by atoms with E-state index in [1.807, 2.05) is 54.8 Å². The van der Waals surface area contributed by atoms with Crippen molar-refractivity contribution in [3.8, 4) is 5.75 Å². The van der Waals surface area contributed by atoms with Gasteiger partial charge in [0.05, 0.1) is 23.6 Å². The van der Waals surface area contributed by atoms with Crippen LogP contribution < -0.4 is 10.1 Å². The van der Waals surface area contributed by atoms with Gasteiger partial charge in [-0.05, 0) is 54.6 Å². The molecule has 33 heavy (non-hydrogen) atoms. The maximum atomic E-state index is 13.4. The molecular weight excluding hydrogens is 480 g/mol. The Balaban J connectivity index is 1.84. The standard InChI is InChI=1S/C24H25ClN2O4S2/c1-31-23-12-11-21(16-22(23)25)33(29,30)27(14-13-18-7-4-3-5-8-18)17-24(28)26-19-9-6-10-20(15-19)32-2/h3-12,15-16H,13-14,17H2,1-2H3,(H,26,28). The minimum absolute atomic E-state index is 0.00135. The number of hydrogen-bond acceptors (Lipinski definition) is 5. The summed E-state index contributed by atoms with van der Waals surface area (Å²) in [6.45, 7) is -0.198. The lowest BCUT2D eigenvalue weighted by Gasteiger charge is -2.22. The number of benzene rings is 3. The molecule has 0 aliphatic heterocycles. The van der Waals surface area contributed by atoms with Crippen molar-refractivity contribution in [1.82, 2.24) is 4.31 Å². The van der Waals surface area contributed by atoms with E-state index in [1.54, 1.807) is 17.8 Å². The highest BCUT2D eigenvalue weighted by atomic mass is 35.5. The van der Waals surface area contributed by atoms with Crippen LogP contribution in [0.25, 0.3) is 0 Å². The van der Waals surface area contributed by atoms with Crippen molar-refractivity contribution in [2.45, 2.75) is 16.2 Å². The van der Waals surface area contributed by atoms with Gasteiger partial charge in [-0.1, -0.05) is 48.0 Å². The van der Waals surface area contributed by atoms with E-state index in [1.165, 1.54) is 29.6 Å². The SMILES string of the molecule is COc1ccc(S(=O)(=O)N(CCc2ccccc2)CC(=O)Nc2cccc(SC)c2)cc1Cl. The van der Waals surface area contributed by atoms with Crippen molar-refractivity contribution in [3.63, 3.8) is 0 Å². The van der Waals surface area contributed by atoms with E-state index >= 15 is 0 Å². The quantitative estimate of drug-likeness (QED) is 0.396. The lowest BCUT2D eigenvalue weighted by atomic mass is 10.1. The molecule has 9 heteroatoms. The number of carbonyl (C=O) groups is 1. The fourth-order valence-corrected chi connectivity index (χ4v) is 5.41. The number of nitrogens with one attached hydrogen (secondary N) is 1. The zero-order valence-corrected chi connectivity index (χ0v) is 20.7. The second kappa shape index (κ2) is 11.6. The minimum atomic E-state index is -3.99. The largest absolute Gasteiger partial charge is 0.495 e. The predicted octanol–water partition coefficient (Wildman–Crippen LogP) is 4.94. The van der Waals surface area contributed by atoms with E-state index in [-0.39, 0.29) is 23.0 Å². The van der Waals surface area contributed by atoms with Crippen molar-refractivity contribution >= 4 is 45.0 Å². The highest BCUT2D eigenvalue weighted by Crippen LogP contribution is 2.28. The second-order valence-electron chi connectivity index (χ2n) is 7.15. The number of amides is 1. The third-order valence-electron chi connectivity index (χ3n) is 4.93. The zero-order valence-electron chi connectivity index (χ0n) is 18.3. The van der Waals surface area contributed by atoms with E-state index in [4.69, 9.17) is 16.3 Å². The number of sulfonamides is 1. The van der Waals surface area contributed by atoms with Gasteiger partial charge in [-0.2, -0.15) is 4.31 Å². The number of rotatable bonds is 10. The summed E-state index contributed by atoms with van der Waals surface area (Å²) in [5.41, 5.74) is 1.58. The van der Waals surface area contributed by atoms with Gasteiger partial charge in [0, 0.05) is 17.1 Å². The smallest absolute Gasteiger partial charge is 0.243 e. The summed E-state index contributed by atoms with van der Waals surface area (Å²) in [6, 6.07) is 21.2. The number of halogens is 1. The number of methoxy groups -OCH3 is 1. The molecule has 0 bridgehead atoms. The molecule has 0 radical (unpaired) electrons. The maximum absolute atomic E-state index is 13.4. The molecule has 1 amide bonds. The predicted molar refractivity (Wildman–Crippen MR) is 134 cm³/mol. The molecule has 6 nitrogen and oxygen atoms in total. The van der Waals surface area contributed by atoms with Crippen molar-refractivity contribution in [3.05, 3.63) is 83.4 Å². The third kappa shape index (κ3) is 6.74. The Labute approximate surface area is 204 Å². The Morgan fingerprint density at radius 2 is 1.82 bits per heavy atom. The summed E-state index contributed by atoms with van der Waals surface area (Å²) in [4.78, 5) is 13.8. The van der Waals surface area contributed by atoms with Gasteiger partial charge in [0.2, 0.25) is 15.9 Å². The summed E-state index contributed by atoms with van der Waals surface area (Å²) in [6.07, 6.45) is 2.40. The normalized spacial score (nSPS) is 11.4. The van der Waals surface area contributed by atoms with Crippen LogP contribution in [-0.2, 0) is 21.2 Å². The fourth-order valence-electron chi connectivity index (χ4n) is 3.20. The average Bonchev–Trinajstić information content (AvgIpc) is 2.82. The Hall–Kier alpha value is -2.52. The maximum Gasteiger partial charge on any atom is 0.243 e. The molecule has 0 fully saturated rings. The number of nitrogens with zero attached hydrogens (tertiary/aromatic N) is 1. The first-order chi connectivity index (χ1) is 15.8. The van der Waals surface area contributed by atoms with Crippen molar-refractivity contribution in [2.75, 3.05) is 31.8 Å². The van der Waals surface area contributed by atoms with Gasteiger partial charge >= 0.3 is 0 Å². The number of carbonyl (C=O) groups excluding carboxylic acids is 1. The van der Waals surface area contributed by atoms with Gasteiger partial charge in [0.25, 0.3) is 0 Å². The highest BCUT2D eigenvalue weighted by molar-refractivity contribution is 7.98. The molecule has 0 heterocycles. The first-order valence-corrected chi connectivity index (χ1v) is 13.2. The van der Waals surface area contributed by atoms with E-state index in [9.17, 15) is 13.2 Å². The molecule has 0 saturated heterocycles. The van der Waals surface area contributed by atoms with E-state index in [2.05, 4.69) is 5.32 Å². The summed E-state index contributed by atoms with van der Waals surface area (Å²) in [5.74, 6) is -0.0534. The summed E-state index contributed by atoms with van der Waals surface area (Å²) >= 11 is 7.72. The average molecular weight is 505 g/mol. The Morgan fingerprint density at radius 3 is 2.48 bits per heavy atom. The number of ether oxygens (including phenoxy) is 1. The van der Waals surface area contributed by atoms with Crippen LogP contribution in [0, 0.1) is 0 Å². The number of hydrogen-bond donors (Lipinski definition) is 1. The van der Waals surface area contributed by atoms with Crippen LogP contribution in [0.5, 0.6) is 5.75 Å². The van der Waals surface area contributed by atoms with Gasteiger partial charge in [0.1, 0.15) is 5.75 Å². The van der Waals surface area contributed by atoms with Crippen LogP contribution in [0.1, 0.15) is 5.56 Å². The molecular formula is C24H25ClN2O4S2. The molecule has 0 atom stereocenters. The second-order valence-corrected chi connectivity index (χ2v) is 10.4. The van der Waals surface area contributed by atoms with Crippen molar-refractivity contribution < 1.29 is 17.9 Å². The van der Waals surface area contributed by atoms with Crippen LogP contribution in [0.2, 0.25) is 5.02 Å². The Morgan fingerprint density at radius 1 is 1.06 bits per heavy atom. The molecule has 3 aromatic carbocycles. The third-order valence-corrected chi connectivity index (χ3v) is 7.79. The molecule has 0 aromatic heterocycles. The van der Waals surface area contributed by atoms with Crippen LogP contribution in [0.3, 0.4) is 0 Å². The minimum Gasteiger partial charge on any atom is -0.495 e. The topological polar surface area (TPSA) is 75.7 Å². The molecule has 3 aromatic rings. The van der Waals surface area contributed by atoms with Crippen LogP contribution in [0.15, 0.2) is 82.6 Å². The first-order valence-electron chi connectivity index (χ1n) is 10.1. The van der Waals surface area contributed by atoms with Gasteiger partial charge in [-0.3, -0.25) is 4.79 Å². The summed E-state index contributed by atoms with van der Waals surface area (Å²) < 4.78 is 33.2. The van der Waals surface area contributed by atoms with E-state index in [0.717, 1.165) is 10.5 Å². The molecule has 0 spiro atoms. The highest BCUT2D eigenvalue weighted by Gasteiger charge is 2.27. The molecule has 0 saturated carbocycles. The first kappa shape index (κ1) is 25.1. The molecule has 0 aliphatic rings.